The summed E-state index contributed by atoms with van der Waals surface area (Å²) in [6.07, 6.45) is 1.42. The maximum absolute atomic E-state index is 6.16. The molecule has 0 saturated carbocycles. The Morgan fingerprint density at radius 1 is 1.40 bits per heavy atom. The average Bonchev–Trinajstić information content (AvgIpc) is 2.42. The molecule has 1 heterocycles. The predicted molar refractivity (Wildman–Crippen MR) is 85.7 cm³/mol. The van der Waals surface area contributed by atoms with Crippen LogP contribution >= 0.6 is 11.6 Å². The van der Waals surface area contributed by atoms with Gasteiger partial charge >= 0.3 is 0 Å². The molecule has 2 atom stereocenters. The van der Waals surface area contributed by atoms with Crippen LogP contribution in [0.5, 0.6) is 0 Å². The van der Waals surface area contributed by atoms with Crippen molar-refractivity contribution in [3.63, 3.8) is 0 Å². The first kappa shape index (κ1) is 15.6. The van der Waals surface area contributed by atoms with Crippen LogP contribution in [0.2, 0.25) is 5.02 Å². The van der Waals surface area contributed by atoms with E-state index in [9.17, 15) is 0 Å². The molecular weight excluding hydrogens is 272 g/mol. The molecule has 4 heteroatoms. The Labute approximate surface area is 127 Å². The number of rotatable bonds is 5. The summed E-state index contributed by atoms with van der Waals surface area (Å²) in [5, 5.41) is 4.27. The highest BCUT2D eigenvalue weighted by atomic mass is 35.5. The van der Waals surface area contributed by atoms with E-state index in [-0.39, 0.29) is 6.10 Å². The summed E-state index contributed by atoms with van der Waals surface area (Å²) < 4.78 is 5.72. The molecule has 2 unspecified atom stereocenters. The van der Waals surface area contributed by atoms with Crippen LogP contribution in [0, 0.1) is 0 Å². The lowest BCUT2D eigenvalue weighted by molar-refractivity contribution is 0.0343. The lowest BCUT2D eigenvalue weighted by Crippen LogP contribution is -2.47. The summed E-state index contributed by atoms with van der Waals surface area (Å²) in [7, 11) is 0. The Morgan fingerprint density at radius 3 is 2.95 bits per heavy atom. The zero-order chi connectivity index (χ0) is 14.5. The highest BCUT2D eigenvalue weighted by Crippen LogP contribution is 2.28. The maximum Gasteiger partial charge on any atom is 0.0723 e. The highest BCUT2D eigenvalue weighted by molar-refractivity contribution is 6.30. The second-order valence-corrected chi connectivity index (χ2v) is 6.03. The Balaban J connectivity index is 2.20. The molecule has 0 radical (unpaired) electrons. The fourth-order valence-electron chi connectivity index (χ4n) is 2.61. The van der Waals surface area contributed by atoms with Gasteiger partial charge in [0.15, 0.2) is 0 Å². The molecular formula is C16H25ClN2O. The maximum atomic E-state index is 6.16. The van der Waals surface area contributed by atoms with Gasteiger partial charge in [-0.05, 0) is 50.6 Å². The second-order valence-electron chi connectivity index (χ2n) is 5.60. The van der Waals surface area contributed by atoms with E-state index in [0.29, 0.717) is 6.04 Å². The van der Waals surface area contributed by atoms with Crippen molar-refractivity contribution < 1.29 is 4.74 Å². The summed E-state index contributed by atoms with van der Waals surface area (Å²) >= 11 is 6.16. The summed E-state index contributed by atoms with van der Waals surface area (Å²) in [4.78, 5) is 2.44. The van der Waals surface area contributed by atoms with E-state index in [1.165, 1.54) is 11.3 Å². The van der Waals surface area contributed by atoms with Gasteiger partial charge < -0.3 is 15.0 Å². The van der Waals surface area contributed by atoms with E-state index in [4.69, 9.17) is 16.3 Å². The first-order valence-electron chi connectivity index (χ1n) is 7.49. The van der Waals surface area contributed by atoms with Gasteiger partial charge in [-0.2, -0.15) is 0 Å². The number of benzene rings is 1. The third-order valence-electron chi connectivity index (χ3n) is 3.70. The summed E-state index contributed by atoms with van der Waals surface area (Å²) in [6, 6.07) is 6.59. The molecule has 0 spiro atoms. The molecule has 0 aromatic heterocycles. The zero-order valence-corrected chi connectivity index (χ0v) is 13.4. The van der Waals surface area contributed by atoms with Crippen molar-refractivity contribution >= 4 is 17.3 Å². The fraction of sp³-hybridized carbons (Fsp3) is 0.625. The van der Waals surface area contributed by atoms with Gasteiger partial charge in [0.25, 0.3) is 0 Å². The normalized spacial score (nSPS) is 23.1. The molecule has 1 fully saturated rings. The minimum absolute atomic E-state index is 0.276. The second kappa shape index (κ2) is 7.30. The van der Waals surface area contributed by atoms with Crippen LogP contribution in [-0.4, -0.2) is 31.8 Å². The molecule has 1 aromatic carbocycles. The third-order valence-corrected chi connectivity index (χ3v) is 3.94. The van der Waals surface area contributed by atoms with E-state index in [1.54, 1.807) is 0 Å². The third kappa shape index (κ3) is 3.87. The first-order chi connectivity index (χ1) is 9.61. The smallest absolute Gasteiger partial charge is 0.0723 e. The fourth-order valence-corrected chi connectivity index (χ4v) is 2.81. The number of nitrogens with zero attached hydrogens (tertiary/aromatic N) is 1. The Hall–Kier alpha value is -0.770. The molecule has 1 N–H and O–H groups in total. The molecule has 1 aliphatic rings. The molecule has 20 heavy (non-hydrogen) atoms. The van der Waals surface area contributed by atoms with E-state index >= 15 is 0 Å². The van der Waals surface area contributed by atoms with Gasteiger partial charge in [0, 0.05) is 29.8 Å². The molecule has 0 bridgehead atoms. The van der Waals surface area contributed by atoms with Crippen LogP contribution in [0.1, 0.15) is 32.8 Å². The van der Waals surface area contributed by atoms with Gasteiger partial charge in [0.2, 0.25) is 0 Å². The largest absolute Gasteiger partial charge is 0.375 e. The van der Waals surface area contributed by atoms with Crippen LogP contribution in [-0.2, 0) is 11.3 Å². The van der Waals surface area contributed by atoms with Gasteiger partial charge in [-0.3, -0.25) is 0 Å². The van der Waals surface area contributed by atoms with E-state index in [1.807, 2.05) is 6.07 Å². The number of ether oxygens (including phenoxy) is 1. The van der Waals surface area contributed by atoms with Crippen molar-refractivity contribution in [2.75, 3.05) is 24.6 Å². The van der Waals surface area contributed by atoms with E-state index in [2.05, 4.69) is 43.1 Å². The number of nitrogens with one attached hydrogen (secondary N) is 1. The number of halogens is 1. The summed E-state index contributed by atoms with van der Waals surface area (Å²) in [6.45, 7) is 10.1. The lowest BCUT2D eigenvalue weighted by atomic mass is 10.1. The number of morpholine rings is 1. The van der Waals surface area contributed by atoms with Crippen LogP contribution in [0.3, 0.4) is 0 Å². The summed E-state index contributed by atoms with van der Waals surface area (Å²) in [5.41, 5.74) is 2.55. The van der Waals surface area contributed by atoms with Crippen molar-refractivity contribution in [3.05, 3.63) is 28.8 Å². The molecule has 0 aliphatic carbocycles. The topological polar surface area (TPSA) is 24.5 Å². The SMILES string of the molecule is CCCNCc1cc(Cl)ccc1N1CC(C)OCC1C. The quantitative estimate of drug-likeness (QED) is 0.842. The van der Waals surface area contributed by atoms with Crippen molar-refractivity contribution in [3.8, 4) is 0 Å². The van der Waals surface area contributed by atoms with Crippen LogP contribution in [0.15, 0.2) is 18.2 Å². The van der Waals surface area contributed by atoms with Gasteiger partial charge in [-0.15, -0.1) is 0 Å². The first-order valence-corrected chi connectivity index (χ1v) is 7.87. The molecule has 0 amide bonds. The van der Waals surface area contributed by atoms with Gasteiger partial charge in [0.1, 0.15) is 0 Å². The molecule has 1 aliphatic heterocycles. The standard InChI is InChI=1S/C16H25ClN2O/c1-4-7-18-9-14-8-15(17)5-6-16(14)19-10-13(3)20-11-12(19)2/h5-6,8,12-13,18H,4,7,9-11H2,1-3H3. The van der Waals surface area contributed by atoms with E-state index in [0.717, 1.165) is 37.7 Å². The number of hydrogen-bond donors (Lipinski definition) is 1. The van der Waals surface area contributed by atoms with Crippen LogP contribution in [0.25, 0.3) is 0 Å². The van der Waals surface area contributed by atoms with Gasteiger partial charge in [0.05, 0.1) is 12.7 Å². The van der Waals surface area contributed by atoms with Crippen LogP contribution < -0.4 is 10.2 Å². The Bertz CT molecular complexity index is 438. The predicted octanol–water partition coefficient (Wildman–Crippen LogP) is 3.45. The van der Waals surface area contributed by atoms with Crippen molar-refractivity contribution in [1.29, 1.82) is 0 Å². The molecule has 2 rings (SSSR count). The number of anilines is 1. The monoisotopic (exact) mass is 296 g/mol. The van der Waals surface area contributed by atoms with Crippen molar-refractivity contribution in [1.82, 2.24) is 5.32 Å². The van der Waals surface area contributed by atoms with E-state index < -0.39 is 0 Å². The zero-order valence-electron chi connectivity index (χ0n) is 12.7. The van der Waals surface area contributed by atoms with Gasteiger partial charge in [-0.25, -0.2) is 0 Å². The average molecular weight is 297 g/mol. The molecule has 1 aromatic rings. The molecule has 112 valence electrons. The minimum Gasteiger partial charge on any atom is -0.375 e. The molecule has 3 nitrogen and oxygen atoms in total. The lowest BCUT2D eigenvalue weighted by Gasteiger charge is -2.39. The molecule has 1 saturated heterocycles. The Morgan fingerprint density at radius 2 is 2.20 bits per heavy atom. The van der Waals surface area contributed by atoms with Crippen LogP contribution in [0.4, 0.5) is 5.69 Å². The Kier molecular flexibility index (Phi) is 5.70. The minimum atomic E-state index is 0.276. The van der Waals surface area contributed by atoms with Crippen molar-refractivity contribution in [2.45, 2.75) is 45.9 Å². The highest BCUT2D eigenvalue weighted by Gasteiger charge is 2.25. The number of hydrogen-bond acceptors (Lipinski definition) is 3. The van der Waals surface area contributed by atoms with Gasteiger partial charge in [-0.1, -0.05) is 18.5 Å². The van der Waals surface area contributed by atoms with Crippen molar-refractivity contribution in [2.24, 2.45) is 0 Å². The summed E-state index contributed by atoms with van der Waals surface area (Å²) in [5.74, 6) is 0.